The molecule has 17 heavy (non-hydrogen) atoms. The summed E-state index contributed by atoms with van der Waals surface area (Å²) in [5.41, 5.74) is 3.04. The lowest BCUT2D eigenvalue weighted by Crippen LogP contribution is -2.27. The zero-order chi connectivity index (χ0) is 12.1. The summed E-state index contributed by atoms with van der Waals surface area (Å²) in [5.74, 6) is 0.835. The normalized spacial score (nSPS) is 19.2. The topological polar surface area (TPSA) is 12.0 Å². The lowest BCUT2D eigenvalue weighted by molar-refractivity contribution is 0.281. The number of benzene rings is 1. The predicted molar refractivity (Wildman–Crippen MR) is 74.2 cm³/mol. The minimum absolute atomic E-state index is 0.562. The van der Waals surface area contributed by atoms with Crippen molar-refractivity contribution in [3.8, 4) is 0 Å². The quantitative estimate of drug-likeness (QED) is 0.823. The molecular weight excluding hydrogens is 206 g/mol. The van der Waals surface area contributed by atoms with Gasteiger partial charge in [0, 0.05) is 6.04 Å². The number of hydrogen-bond donors (Lipinski definition) is 1. The lowest BCUT2D eigenvalue weighted by Gasteiger charge is -2.31. The van der Waals surface area contributed by atoms with E-state index in [1.165, 1.54) is 43.2 Å². The van der Waals surface area contributed by atoms with Gasteiger partial charge in [-0.2, -0.15) is 0 Å². The van der Waals surface area contributed by atoms with Gasteiger partial charge in [-0.05, 0) is 43.4 Å². The Morgan fingerprint density at radius 3 is 2.53 bits per heavy atom. The molecule has 0 heterocycles. The van der Waals surface area contributed by atoms with Crippen molar-refractivity contribution in [3.63, 3.8) is 0 Å². The molecule has 94 valence electrons. The third-order valence-corrected chi connectivity index (χ3v) is 4.20. The van der Waals surface area contributed by atoms with Gasteiger partial charge in [0.1, 0.15) is 0 Å². The third-order valence-electron chi connectivity index (χ3n) is 4.20. The van der Waals surface area contributed by atoms with Gasteiger partial charge >= 0.3 is 0 Å². The van der Waals surface area contributed by atoms with Crippen molar-refractivity contribution >= 4 is 0 Å². The van der Waals surface area contributed by atoms with E-state index in [2.05, 4.69) is 43.6 Å². The van der Waals surface area contributed by atoms with Crippen LogP contribution in [0.3, 0.4) is 0 Å². The molecule has 1 fully saturated rings. The van der Waals surface area contributed by atoms with Crippen LogP contribution < -0.4 is 5.32 Å². The molecule has 1 aliphatic rings. The van der Waals surface area contributed by atoms with E-state index in [0.29, 0.717) is 6.04 Å². The molecular formula is C16H25N. The summed E-state index contributed by atoms with van der Waals surface area (Å²) in [6.07, 6.45) is 8.19. The first kappa shape index (κ1) is 12.6. The fraction of sp³-hybridized carbons (Fsp3) is 0.625. The van der Waals surface area contributed by atoms with Crippen LogP contribution in [0.4, 0.5) is 0 Å². The van der Waals surface area contributed by atoms with Crippen LogP contribution in [0.5, 0.6) is 0 Å². The predicted octanol–water partition coefficient (Wildman–Crippen LogP) is 4.09. The highest BCUT2D eigenvalue weighted by atomic mass is 14.9. The maximum atomic E-state index is 3.56. The molecule has 0 amide bonds. The Morgan fingerprint density at radius 1 is 1.18 bits per heavy atom. The average Bonchev–Trinajstić information content (AvgIpc) is 2.41. The van der Waals surface area contributed by atoms with Crippen molar-refractivity contribution in [1.29, 1.82) is 0 Å². The van der Waals surface area contributed by atoms with Crippen LogP contribution in [0.2, 0.25) is 0 Å². The Labute approximate surface area is 106 Å². The summed E-state index contributed by atoms with van der Waals surface area (Å²) in [6.45, 7) is 2.26. The first-order chi connectivity index (χ1) is 8.36. The highest BCUT2D eigenvalue weighted by molar-refractivity contribution is 5.30. The maximum absolute atomic E-state index is 3.56. The van der Waals surface area contributed by atoms with Gasteiger partial charge in [0.2, 0.25) is 0 Å². The van der Waals surface area contributed by atoms with E-state index < -0.39 is 0 Å². The van der Waals surface area contributed by atoms with Gasteiger partial charge < -0.3 is 5.32 Å². The van der Waals surface area contributed by atoms with E-state index in [-0.39, 0.29) is 0 Å². The van der Waals surface area contributed by atoms with Crippen LogP contribution in [-0.2, 0) is 6.42 Å². The minimum atomic E-state index is 0.562. The standard InChI is InChI=1S/C16H25N/c1-3-13-9-7-8-12-15(13)16(17-2)14-10-5-4-6-11-14/h7-9,12,14,16-17H,3-6,10-11H2,1-2H3. The van der Waals surface area contributed by atoms with Crippen molar-refractivity contribution in [3.05, 3.63) is 35.4 Å². The molecule has 0 saturated heterocycles. The molecule has 1 aromatic carbocycles. The first-order valence-electron chi connectivity index (χ1n) is 7.12. The molecule has 0 spiro atoms. The van der Waals surface area contributed by atoms with Crippen LogP contribution in [-0.4, -0.2) is 7.05 Å². The van der Waals surface area contributed by atoms with Gasteiger partial charge in [0.15, 0.2) is 0 Å². The second kappa shape index (κ2) is 6.20. The second-order valence-electron chi connectivity index (χ2n) is 5.22. The number of aryl methyl sites for hydroxylation is 1. The molecule has 0 radical (unpaired) electrons. The SMILES string of the molecule is CCc1ccccc1C(NC)C1CCCCC1. The largest absolute Gasteiger partial charge is 0.313 e. The molecule has 0 aliphatic heterocycles. The maximum Gasteiger partial charge on any atom is 0.0348 e. The molecule has 0 bridgehead atoms. The number of nitrogens with one attached hydrogen (secondary N) is 1. The van der Waals surface area contributed by atoms with Gasteiger partial charge in [-0.1, -0.05) is 50.5 Å². The van der Waals surface area contributed by atoms with Crippen molar-refractivity contribution < 1.29 is 0 Å². The summed E-state index contributed by atoms with van der Waals surface area (Å²) < 4.78 is 0. The summed E-state index contributed by atoms with van der Waals surface area (Å²) >= 11 is 0. The zero-order valence-corrected chi connectivity index (χ0v) is 11.2. The Morgan fingerprint density at radius 2 is 1.88 bits per heavy atom. The van der Waals surface area contributed by atoms with E-state index in [4.69, 9.17) is 0 Å². The number of rotatable bonds is 4. The van der Waals surface area contributed by atoms with E-state index in [9.17, 15) is 0 Å². The summed E-state index contributed by atoms with van der Waals surface area (Å²) in [7, 11) is 2.12. The molecule has 1 heteroatoms. The van der Waals surface area contributed by atoms with Crippen LogP contribution >= 0.6 is 0 Å². The highest BCUT2D eigenvalue weighted by Gasteiger charge is 2.24. The number of hydrogen-bond acceptors (Lipinski definition) is 1. The van der Waals surface area contributed by atoms with Gasteiger partial charge in [-0.25, -0.2) is 0 Å². The van der Waals surface area contributed by atoms with E-state index in [1.54, 1.807) is 0 Å². The van der Waals surface area contributed by atoms with Gasteiger partial charge in [-0.3, -0.25) is 0 Å². The first-order valence-corrected chi connectivity index (χ1v) is 7.12. The molecule has 1 aromatic rings. The second-order valence-corrected chi connectivity index (χ2v) is 5.22. The Kier molecular flexibility index (Phi) is 4.61. The molecule has 1 nitrogen and oxygen atoms in total. The fourth-order valence-corrected chi connectivity index (χ4v) is 3.27. The van der Waals surface area contributed by atoms with Crippen LogP contribution in [0.1, 0.15) is 56.2 Å². The molecule has 1 saturated carbocycles. The Bertz CT molecular complexity index is 339. The fourth-order valence-electron chi connectivity index (χ4n) is 3.27. The highest BCUT2D eigenvalue weighted by Crippen LogP contribution is 2.35. The average molecular weight is 231 g/mol. The zero-order valence-electron chi connectivity index (χ0n) is 11.2. The summed E-state index contributed by atoms with van der Waals surface area (Å²) in [6, 6.07) is 9.50. The van der Waals surface area contributed by atoms with Crippen LogP contribution in [0.15, 0.2) is 24.3 Å². The van der Waals surface area contributed by atoms with E-state index >= 15 is 0 Å². The smallest absolute Gasteiger partial charge is 0.0348 e. The van der Waals surface area contributed by atoms with E-state index in [0.717, 1.165) is 12.3 Å². The molecule has 1 unspecified atom stereocenters. The minimum Gasteiger partial charge on any atom is -0.313 e. The third kappa shape index (κ3) is 2.90. The molecule has 1 aliphatic carbocycles. The van der Waals surface area contributed by atoms with E-state index in [1.807, 2.05) is 0 Å². The van der Waals surface area contributed by atoms with Gasteiger partial charge in [-0.15, -0.1) is 0 Å². The molecule has 2 rings (SSSR count). The molecule has 1 atom stereocenters. The Balaban J connectivity index is 2.21. The monoisotopic (exact) mass is 231 g/mol. The summed E-state index contributed by atoms with van der Waals surface area (Å²) in [4.78, 5) is 0. The van der Waals surface area contributed by atoms with Crippen LogP contribution in [0.25, 0.3) is 0 Å². The molecule has 0 aromatic heterocycles. The van der Waals surface area contributed by atoms with Gasteiger partial charge in [0.05, 0.1) is 0 Å². The van der Waals surface area contributed by atoms with Crippen molar-refractivity contribution in [2.75, 3.05) is 7.05 Å². The Hall–Kier alpha value is -0.820. The van der Waals surface area contributed by atoms with Crippen molar-refractivity contribution in [2.45, 2.75) is 51.5 Å². The van der Waals surface area contributed by atoms with Crippen molar-refractivity contribution in [1.82, 2.24) is 5.32 Å². The van der Waals surface area contributed by atoms with Gasteiger partial charge in [0.25, 0.3) is 0 Å². The summed E-state index contributed by atoms with van der Waals surface area (Å²) in [5, 5.41) is 3.56. The lowest BCUT2D eigenvalue weighted by atomic mass is 9.80. The van der Waals surface area contributed by atoms with Crippen molar-refractivity contribution in [2.24, 2.45) is 5.92 Å². The molecule has 1 N–H and O–H groups in total. The van der Waals surface area contributed by atoms with Crippen LogP contribution in [0, 0.1) is 5.92 Å².